The van der Waals surface area contributed by atoms with Crippen LogP contribution in [-0.4, -0.2) is 29.5 Å². The fourth-order valence-corrected chi connectivity index (χ4v) is 2.34. The summed E-state index contributed by atoms with van der Waals surface area (Å²) < 4.78 is 0. The van der Waals surface area contributed by atoms with E-state index in [1.54, 1.807) is 24.3 Å². The van der Waals surface area contributed by atoms with E-state index in [0.29, 0.717) is 16.3 Å². The third-order valence-electron chi connectivity index (χ3n) is 3.42. The Morgan fingerprint density at radius 1 is 1.05 bits per heavy atom. The molecule has 0 saturated carbocycles. The van der Waals surface area contributed by atoms with Crippen LogP contribution in [0.4, 0.5) is 11.4 Å². The van der Waals surface area contributed by atoms with Gasteiger partial charge in [-0.15, -0.1) is 0 Å². The van der Waals surface area contributed by atoms with Gasteiger partial charge in [0.15, 0.2) is 0 Å². The number of phenolic OH excluding ortho intramolecular Hbond substituents is 2. The molecule has 0 bridgehead atoms. The van der Waals surface area contributed by atoms with Crippen LogP contribution in [0.2, 0.25) is 5.02 Å². The van der Waals surface area contributed by atoms with E-state index in [4.69, 9.17) is 11.6 Å². The van der Waals surface area contributed by atoms with Gasteiger partial charge in [-0.3, -0.25) is 4.99 Å². The number of hydrogen-bond donors (Lipinski definition) is 2. The summed E-state index contributed by atoms with van der Waals surface area (Å²) in [6, 6.07) is 10.2. The molecule has 0 unspecified atom stereocenters. The molecular weight excluding hydrogens is 300 g/mol. The quantitative estimate of drug-likeness (QED) is 0.806. The van der Waals surface area contributed by atoms with Gasteiger partial charge in [0.05, 0.1) is 0 Å². The van der Waals surface area contributed by atoms with E-state index in [2.05, 4.69) is 23.7 Å². The minimum absolute atomic E-state index is 0.00278. The van der Waals surface area contributed by atoms with Crippen LogP contribution in [0.25, 0.3) is 0 Å². The molecule has 0 amide bonds. The highest BCUT2D eigenvalue weighted by atomic mass is 35.5. The van der Waals surface area contributed by atoms with Crippen molar-refractivity contribution in [2.24, 2.45) is 4.99 Å². The Labute approximate surface area is 135 Å². The standard InChI is InChI=1S/C17H19ClN2O2/c1-3-20(4-2)14-7-5-12(16(21)10-14)11-19-15-8-6-13(18)9-17(15)22/h5-11,21-22H,3-4H2,1-2H3. The van der Waals surface area contributed by atoms with Crippen molar-refractivity contribution in [3.8, 4) is 11.5 Å². The number of hydrogen-bond acceptors (Lipinski definition) is 4. The summed E-state index contributed by atoms with van der Waals surface area (Å²) >= 11 is 5.78. The van der Waals surface area contributed by atoms with E-state index in [1.807, 2.05) is 6.07 Å². The van der Waals surface area contributed by atoms with E-state index in [9.17, 15) is 10.2 Å². The molecular formula is C17H19ClN2O2. The van der Waals surface area contributed by atoms with Gasteiger partial charge in [-0.2, -0.15) is 0 Å². The van der Waals surface area contributed by atoms with Gasteiger partial charge in [0.25, 0.3) is 0 Å². The average Bonchev–Trinajstić information content (AvgIpc) is 2.49. The molecule has 0 heterocycles. The predicted molar refractivity (Wildman–Crippen MR) is 92.0 cm³/mol. The van der Waals surface area contributed by atoms with Crippen LogP contribution in [0.3, 0.4) is 0 Å². The van der Waals surface area contributed by atoms with Crippen molar-refractivity contribution >= 4 is 29.2 Å². The highest BCUT2D eigenvalue weighted by molar-refractivity contribution is 6.30. The van der Waals surface area contributed by atoms with Gasteiger partial charge in [0.2, 0.25) is 0 Å². The summed E-state index contributed by atoms with van der Waals surface area (Å²) in [5, 5.41) is 20.3. The molecule has 0 aliphatic carbocycles. The zero-order valence-electron chi connectivity index (χ0n) is 12.6. The number of nitrogens with zero attached hydrogens (tertiary/aromatic N) is 2. The van der Waals surface area contributed by atoms with Gasteiger partial charge < -0.3 is 15.1 Å². The Morgan fingerprint density at radius 2 is 1.77 bits per heavy atom. The summed E-state index contributed by atoms with van der Waals surface area (Å²) in [6.45, 7) is 5.89. The van der Waals surface area contributed by atoms with Crippen molar-refractivity contribution in [3.63, 3.8) is 0 Å². The van der Waals surface area contributed by atoms with Gasteiger partial charge >= 0.3 is 0 Å². The zero-order valence-corrected chi connectivity index (χ0v) is 13.4. The van der Waals surface area contributed by atoms with Crippen molar-refractivity contribution in [2.75, 3.05) is 18.0 Å². The molecule has 116 valence electrons. The van der Waals surface area contributed by atoms with Crippen molar-refractivity contribution < 1.29 is 10.2 Å². The average molecular weight is 319 g/mol. The molecule has 2 rings (SSSR count). The summed E-state index contributed by atoms with van der Waals surface area (Å²) in [4.78, 5) is 6.33. The van der Waals surface area contributed by atoms with Gasteiger partial charge in [-0.05, 0) is 38.1 Å². The van der Waals surface area contributed by atoms with Crippen LogP contribution in [0.1, 0.15) is 19.4 Å². The first-order valence-corrected chi connectivity index (χ1v) is 7.53. The van der Waals surface area contributed by atoms with Crippen molar-refractivity contribution in [3.05, 3.63) is 47.0 Å². The summed E-state index contributed by atoms with van der Waals surface area (Å²) in [5.74, 6) is 0.157. The van der Waals surface area contributed by atoms with Crippen molar-refractivity contribution in [1.82, 2.24) is 0 Å². The van der Waals surface area contributed by atoms with E-state index in [0.717, 1.165) is 18.8 Å². The second-order valence-corrected chi connectivity index (χ2v) is 5.24. The topological polar surface area (TPSA) is 56.1 Å². The van der Waals surface area contributed by atoms with Gasteiger partial charge in [0.1, 0.15) is 17.2 Å². The Kier molecular flexibility index (Phi) is 5.28. The lowest BCUT2D eigenvalue weighted by Gasteiger charge is -2.21. The first-order chi connectivity index (χ1) is 10.5. The molecule has 0 fully saturated rings. The molecule has 0 aromatic heterocycles. The molecule has 2 N–H and O–H groups in total. The molecule has 0 saturated heterocycles. The number of aliphatic imine (C=N–C) groups is 1. The Bertz CT molecular complexity index is 682. The molecule has 2 aromatic rings. The minimum Gasteiger partial charge on any atom is -0.507 e. The molecule has 0 spiro atoms. The van der Waals surface area contributed by atoms with Crippen LogP contribution in [0, 0.1) is 0 Å². The smallest absolute Gasteiger partial charge is 0.142 e. The third kappa shape index (κ3) is 3.71. The predicted octanol–water partition coefficient (Wildman–Crippen LogP) is 4.35. The van der Waals surface area contributed by atoms with Crippen LogP contribution in [-0.2, 0) is 0 Å². The van der Waals surface area contributed by atoms with Gasteiger partial charge in [0, 0.05) is 47.7 Å². The molecule has 0 atom stereocenters. The van der Waals surface area contributed by atoms with Gasteiger partial charge in [-0.1, -0.05) is 11.6 Å². The maximum Gasteiger partial charge on any atom is 0.142 e. The lowest BCUT2D eigenvalue weighted by Crippen LogP contribution is -2.21. The molecule has 0 aliphatic heterocycles. The van der Waals surface area contributed by atoms with Crippen LogP contribution >= 0.6 is 11.6 Å². The zero-order chi connectivity index (χ0) is 16.1. The number of aromatic hydroxyl groups is 2. The van der Waals surface area contributed by atoms with E-state index in [1.165, 1.54) is 12.3 Å². The third-order valence-corrected chi connectivity index (χ3v) is 3.66. The molecule has 22 heavy (non-hydrogen) atoms. The highest BCUT2D eigenvalue weighted by Gasteiger charge is 2.06. The fraction of sp³-hybridized carbons (Fsp3) is 0.235. The molecule has 2 aromatic carbocycles. The minimum atomic E-state index is 0.00278. The van der Waals surface area contributed by atoms with E-state index in [-0.39, 0.29) is 11.5 Å². The second-order valence-electron chi connectivity index (χ2n) is 4.81. The molecule has 0 radical (unpaired) electrons. The first-order valence-electron chi connectivity index (χ1n) is 7.15. The number of benzene rings is 2. The number of phenols is 2. The first kappa shape index (κ1) is 16.2. The number of halogens is 1. The number of anilines is 1. The normalized spacial score (nSPS) is 11.0. The highest BCUT2D eigenvalue weighted by Crippen LogP contribution is 2.30. The molecule has 5 heteroatoms. The lowest BCUT2D eigenvalue weighted by molar-refractivity contribution is 0.474. The van der Waals surface area contributed by atoms with E-state index < -0.39 is 0 Å². The maximum atomic E-state index is 10.1. The second kappa shape index (κ2) is 7.18. The Balaban J connectivity index is 2.24. The SMILES string of the molecule is CCN(CC)c1ccc(C=Nc2ccc(Cl)cc2O)c(O)c1. The van der Waals surface area contributed by atoms with Gasteiger partial charge in [-0.25, -0.2) is 0 Å². The lowest BCUT2D eigenvalue weighted by atomic mass is 10.2. The summed E-state index contributed by atoms with van der Waals surface area (Å²) in [7, 11) is 0. The van der Waals surface area contributed by atoms with Crippen molar-refractivity contribution in [1.29, 1.82) is 0 Å². The summed E-state index contributed by atoms with van der Waals surface area (Å²) in [5.41, 5.74) is 1.95. The monoisotopic (exact) mass is 318 g/mol. The molecule has 0 aliphatic rings. The molecule has 4 nitrogen and oxygen atoms in total. The summed E-state index contributed by atoms with van der Waals surface area (Å²) in [6.07, 6.45) is 1.52. The maximum absolute atomic E-state index is 10.1. The largest absolute Gasteiger partial charge is 0.507 e. The van der Waals surface area contributed by atoms with E-state index >= 15 is 0 Å². The number of rotatable bonds is 5. The van der Waals surface area contributed by atoms with Crippen molar-refractivity contribution in [2.45, 2.75) is 13.8 Å². The van der Waals surface area contributed by atoms with Crippen LogP contribution in [0.15, 0.2) is 41.4 Å². The van der Waals surface area contributed by atoms with Crippen LogP contribution < -0.4 is 4.90 Å². The van der Waals surface area contributed by atoms with Crippen LogP contribution in [0.5, 0.6) is 11.5 Å². The Morgan fingerprint density at radius 3 is 2.36 bits per heavy atom. The Hall–Kier alpha value is -2.20. The fourth-order valence-electron chi connectivity index (χ4n) is 2.17.